The Morgan fingerprint density at radius 2 is 1.92 bits per heavy atom. The van der Waals surface area contributed by atoms with Crippen molar-refractivity contribution >= 4 is 5.84 Å². The minimum atomic E-state index is 0.161. The van der Waals surface area contributed by atoms with Crippen LogP contribution in [0.25, 0.3) is 0 Å². The van der Waals surface area contributed by atoms with Crippen molar-refractivity contribution in [2.45, 2.75) is 19.4 Å². The summed E-state index contributed by atoms with van der Waals surface area (Å²) in [5.41, 5.74) is 5.54. The quantitative estimate of drug-likeness (QED) is 0.477. The maximum absolute atomic E-state index is 7.46. The zero-order valence-electron chi connectivity index (χ0n) is 8.58. The van der Waals surface area contributed by atoms with Gasteiger partial charge >= 0.3 is 0 Å². The maximum Gasteiger partial charge on any atom is 0.108 e. The Bertz CT molecular complexity index is 172. The van der Waals surface area contributed by atoms with Crippen LogP contribution in [0.5, 0.6) is 0 Å². The molecule has 1 aliphatic heterocycles. The fourth-order valence-corrected chi connectivity index (χ4v) is 1.81. The van der Waals surface area contributed by atoms with Gasteiger partial charge in [-0.3, -0.25) is 10.3 Å². The predicted octanol–water partition coefficient (Wildman–Crippen LogP) is -0.0516. The first-order valence-electron chi connectivity index (χ1n) is 4.91. The molecule has 76 valence electrons. The van der Waals surface area contributed by atoms with Crippen molar-refractivity contribution in [2.75, 3.05) is 33.2 Å². The summed E-state index contributed by atoms with van der Waals surface area (Å²) in [6, 6.07) is 0.161. The SMILES string of the molecule is CCC(C(=N)N)N1CCN(C)CC1. The van der Waals surface area contributed by atoms with Crippen LogP contribution in [0.3, 0.4) is 0 Å². The van der Waals surface area contributed by atoms with Gasteiger partial charge in [-0.2, -0.15) is 0 Å². The molecule has 0 aromatic carbocycles. The van der Waals surface area contributed by atoms with Gasteiger partial charge in [-0.1, -0.05) is 6.92 Å². The van der Waals surface area contributed by atoms with E-state index in [0.717, 1.165) is 32.6 Å². The molecule has 1 aliphatic rings. The minimum absolute atomic E-state index is 0.161. The Morgan fingerprint density at radius 3 is 2.31 bits per heavy atom. The van der Waals surface area contributed by atoms with Crippen LogP contribution in [0.15, 0.2) is 0 Å². The van der Waals surface area contributed by atoms with Crippen LogP contribution in [0.4, 0.5) is 0 Å². The lowest BCUT2D eigenvalue weighted by Gasteiger charge is -2.36. The van der Waals surface area contributed by atoms with Gasteiger partial charge in [0.25, 0.3) is 0 Å². The van der Waals surface area contributed by atoms with Crippen LogP contribution in [0.1, 0.15) is 13.3 Å². The van der Waals surface area contributed by atoms with Gasteiger partial charge in [-0.25, -0.2) is 0 Å². The van der Waals surface area contributed by atoms with Crippen molar-refractivity contribution in [1.82, 2.24) is 9.80 Å². The van der Waals surface area contributed by atoms with Crippen molar-refractivity contribution in [2.24, 2.45) is 5.73 Å². The second-order valence-electron chi connectivity index (χ2n) is 3.72. The Labute approximate surface area is 80.2 Å². The predicted molar refractivity (Wildman–Crippen MR) is 55.1 cm³/mol. The zero-order valence-corrected chi connectivity index (χ0v) is 8.58. The normalized spacial score (nSPS) is 22.9. The van der Waals surface area contributed by atoms with Crippen molar-refractivity contribution in [3.05, 3.63) is 0 Å². The molecule has 1 fully saturated rings. The van der Waals surface area contributed by atoms with Crippen LogP contribution in [0.2, 0.25) is 0 Å². The lowest BCUT2D eigenvalue weighted by Crippen LogP contribution is -2.52. The fraction of sp³-hybridized carbons (Fsp3) is 0.889. The molecule has 4 heteroatoms. The molecule has 0 aliphatic carbocycles. The van der Waals surface area contributed by atoms with Gasteiger partial charge in [0.15, 0.2) is 0 Å². The Hall–Kier alpha value is -0.610. The second-order valence-corrected chi connectivity index (χ2v) is 3.72. The maximum atomic E-state index is 7.46. The van der Waals surface area contributed by atoms with E-state index in [4.69, 9.17) is 11.1 Å². The molecule has 0 spiro atoms. The number of amidine groups is 1. The number of nitrogens with one attached hydrogen (secondary N) is 1. The summed E-state index contributed by atoms with van der Waals surface area (Å²) < 4.78 is 0. The van der Waals surface area contributed by atoms with E-state index in [9.17, 15) is 0 Å². The second kappa shape index (κ2) is 4.58. The highest BCUT2D eigenvalue weighted by molar-refractivity contribution is 5.82. The first-order valence-corrected chi connectivity index (χ1v) is 4.91. The summed E-state index contributed by atoms with van der Waals surface area (Å²) in [6.45, 7) is 6.33. The van der Waals surface area contributed by atoms with Gasteiger partial charge in [0.1, 0.15) is 5.84 Å². The standard InChI is InChI=1S/C9H20N4/c1-3-8(9(10)11)13-6-4-12(2)5-7-13/h8H,3-7H2,1-2H3,(H3,10,11). The third-order valence-corrected chi connectivity index (χ3v) is 2.72. The summed E-state index contributed by atoms with van der Waals surface area (Å²) in [4.78, 5) is 4.62. The lowest BCUT2D eigenvalue weighted by molar-refractivity contribution is 0.134. The van der Waals surface area contributed by atoms with Crippen LogP contribution in [0, 0.1) is 5.41 Å². The number of piperazine rings is 1. The highest BCUT2D eigenvalue weighted by Gasteiger charge is 2.22. The number of rotatable bonds is 3. The molecule has 0 saturated carbocycles. The van der Waals surface area contributed by atoms with E-state index in [2.05, 4.69) is 23.8 Å². The summed E-state index contributed by atoms with van der Waals surface area (Å²) in [6.07, 6.45) is 0.943. The van der Waals surface area contributed by atoms with E-state index >= 15 is 0 Å². The molecule has 4 nitrogen and oxygen atoms in total. The molecular weight excluding hydrogens is 164 g/mol. The summed E-state index contributed by atoms with van der Waals surface area (Å²) in [7, 11) is 2.13. The first kappa shape index (κ1) is 10.5. The van der Waals surface area contributed by atoms with Crippen LogP contribution in [-0.2, 0) is 0 Å². The average Bonchev–Trinajstić information content (AvgIpc) is 2.09. The number of hydrogen-bond acceptors (Lipinski definition) is 3. The highest BCUT2D eigenvalue weighted by atomic mass is 15.3. The largest absolute Gasteiger partial charge is 0.386 e. The Balaban J connectivity index is 2.46. The van der Waals surface area contributed by atoms with E-state index in [1.807, 2.05) is 0 Å². The van der Waals surface area contributed by atoms with E-state index in [0.29, 0.717) is 5.84 Å². The molecule has 1 atom stereocenters. The van der Waals surface area contributed by atoms with Gasteiger partial charge in [-0.15, -0.1) is 0 Å². The molecule has 1 heterocycles. The van der Waals surface area contributed by atoms with Gasteiger partial charge in [0.05, 0.1) is 6.04 Å². The van der Waals surface area contributed by atoms with Gasteiger partial charge in [-0.05, 0) is 13.5 Å². The summed E-state index contributed by atoms with van der Waals surface area (Å²) >= 11 is 0. The molecule has 0 aromatic rings. The lowest BCUT2D eigenvalue weighted by atomic mass is 10.1. The molecule has 13 heavy (non-hydrogen) atoms. The number of hydrogen-bond donors (Lipinski definition) is 2. The van der Waals surface area contributed by atoms with Crippen molar-refractivity contribution in [3.8, 4) is 0 Å². The van der Waals surface area contributed by atoms with E-state index in [-0.39, 0.29) is 6.04 Å². The first-order chi connectivity index (χ1) is 6.15. The Morgan fingerprint density at radius 1 is 1.38 bits per heavy atom. The van der Waals surface area contributed by atoms with Gasteiger partial charge < -0.3 is 10.6 Å². The van der Waals surface area contributed by atoms with E-state index in [1.165, 1.54) is 0 Å². The number of nitrogens with zero attached hydrogens (tertiary/aromatic N) is 2. The van der Waals surface area contributed by atoms with Crippen LogP contribution < -0.4 is 5.73 Å². The molecule has 1 unspecified atom stereocenters. The number of nitrogens with two attached hydrogens (primary N) is 1. The fourth-order valence-electron chi connectivity index (χ4n) is 1.81. The third-order valence-electron chi connectivity index (χ3n) is 2.72. The highest BCUT2D eigenvalue weighted by Crippen LogP contribution is 2.07. The van der Waals surface area contributed by atoms with Crippen LogP contribution >= 0.6 is 0 Å². The summed E-state index contributed by atoms with van der Waals surface area (Å²) in [5, 5.41) is 7.46. The Kier molecular flexibility index (Phi) is 3.69. The third kappa shape index (κ3) is 2.67. The van der Waals surface area contributed by atoms with Crippen molar-refractivity contribution in [1.29, 1.82) is 5.41 Å². The zero-order chi connectivity index (χ0) is 9.84. The minimum Gasteiger partial charge on any atom is -0.386 e. The molecular formula is C9H20N4. The van der Waals surface area contributed by atoms with Crippen LogP contribution in [-0.4, -0.2) is 54.9 Å². The monoisotopic (exact) mass is 184 g/mol. The molecule has 0 aromatic heterocycles. The smallest absolute Gasteiger partial charge is 0.108 e. The molecule has 0 radical (unpaired) electrons. The van der Waals surface area contributed by atoms with E-state index < -0.39 is 0 Å². The number of likely N-dealkylation sites (N-methyl/N-ethyl adjacent to an activating group) is 1. The average molecular weight is 184 g/mol. The summed E-state index contributed by atoms with van der Waals surface area (Å²) in [5.74, 6) is 0.312. The van der Waals surface area contributed by atoms with Gasteiger partial charge in [0.2, 0.25) is 0 Å². The molecule has 3 N–H and O–H groups in total. The van der Waals surface area contributed by atoms with Crippen molar-refractivity contribution in [3.63, 3.8) is 0 Å². The topological polar surface area (TPSA) is 56.4 Å². The molecule has 1 saturated heterocycles. The molecule has 0 amide bonds. The van der Waals surface area contributed by atoms with Crippen molar-refractivity contribution < 1.29 is 0 Å². The molecule has 0 bridgehead atoms. The van der Waals surface area contributed by atoms with E-state index in [1.54, 1.807) is 0 Å². The van der Waals surface area contributed by atoms with Gasteiger partial charge in [0, 0.05) is 26.2 Å². The molecule has 1 rings (SSSR count).